The number of thiazole rings is 1. The zero-order valence-electron chi connectivity index (χ0n) is 18.6. The average Bonchev–Trinajstić information content (AvgIpc) is 3.40. The molecule has 3 aromatic rings. The summed E-state index contributed by atoms with van der Waals surface area (Å²) in [5.74, 6) is 1.07. The number of amides is 1. The highest BCUT2D eigenvalue weighted by Crippen LogP contribution is 2.34. The van der Waals surface area contributed by atoms with Crippen LogP contribution in [0.5, 0.6) is 5.75 Å². The van der Waals surface area contributed by atoms with Crippen LogP contribution in [-0.4, -0.2) is 36.3 Å². The van der Waals surface area contributed by atoms with Gasteiger partial charge in [-0.25, -0.2) is 4.98 Å². The minimum Gasteiger partial charge on any atom is -0.491 e. The lowest BCUT2D eigenvalue weighted by molar-refractivity contribution is 0.0917. The molecule has 1 amide bonds. The highest BCUT2D eigenvalue weighted by molar-refractivity contribution is 7.22. The number of aromatic nitrogens is 1. The van der Waals surface area contributed by atoms with Gasteiger partial charge in [0.25, 0.3) is 5.91 Å². The van der Waals surface area contributed by atoms with Crippen molar-refractivity contribution in [3.05, 3.63) is 53.6 Å². The van der Waals surface area contributed by atoms with E-state index in [0.29, 0.717) is 18.0 Å². The smallest absolute Gasteiger partial charge is 0.260 e. The molecule has 1 aliphatic rings. The maximum Gasteiger partial charge on any atom is 0.260 e. The van der Waals surface area contributed by atoms with Crippen LogP contribution >= 0.6 is 11.3 Å². The van der Waals surface area contributed by atoms with Gasteiger partial charge in [-0.05, 0) is 68.5 Å². The third-order valence-corrected chi connectivity index (χ3v) is 6.46. The van der Waals surface area contributed by atoms with Crippen molar-refractivity contribution in [3.63, 3.8) is 0 Å². The number of benzene rings is 2. The van der Waals surface area contributed by atoms with Gasteiger partial charge >= 0.3 is 0 Å². The lowest BCUT2D eigenvalue weighted by Crippen LogP contribution is -2.37. The molecule has 0 bridgehead atoms. The summed E-state index contributed by atoms with van der Waals surface area (Å²) in [6, 6.07) is 13.6. The number of carbonyl (C=O) groups is 1. The van der Waals surface area contributed by atoms with Crippen LogP contribution < -0.4 is 9.64 Å². The first-order valence-corrected chi connectivity index (χ1v) is 11.8. The van der Waals surface area contributed by atoms with Gasteiger partial charge in [0.05, 0.1) is 29.0 Å². The van der Waals surface area contributed by atoms with E-state index in [1.54, 1.807) is 16.2 Å². The second kappa shape index (κ2) is 9.37. The van der Waals surface area contributed by atoms with Crippen molar-refractivity contribution < 1.29 is 14.3 Å². The predicted molar refractivity (Wildman–Crippen MR) is 127 cm³/mol. The van der Waals surface area contributed by atoms with Gasteiger partial charge in [0.2, 0.25) is 0 Å². The average molecular weight is 439 g/mol. The number of hydrogen-bond donors (Lipinski definition) is 0. The number of rotatable bonds is 7. The van der Waals surface area contributed by atoms with Gasteiger partial charge in [0.1, 0.15) is 5.75 Å². The zero-order chi connectivity index (χ0) is 22.0. The van der Waals surface area contributed by atoms with Crippen LogP contribution in [0.3, 0.4) is 0 Å². The van der Waals surface area contributed by atoms with E-state index in [0.717, 1.165) is 40.5 Å². The summed E-state index contributed by atoms with van der Waals surface area (Å²) in [6.07, 6.45) is 2.14. The fourth-order valence-electron chi connectivity index (χ4n) is 3.88. The highest BCUT2D eigenvalue weighted by Gasteiger charge is 2.27. The first-order valence-electron chi connectivity index (χ1n) is 11.0. The summed E-state index contributed by atoms with van der Waals surface area (Å²) in [5.41, 5.74) is 2.82. The van der Waals surface area contributed by atoms with E-state index in [9.17, 15) is 4.79 Å². The molecule has 1 atom stereocenters. The Morgan fingerprint density at radius 3 is 2.61 bits per heavy atom. The minimum absolute atomic E-state index is 0.0454. The Balaban J connectivity index is 1.68. The fraction of sp³-hybridized carbons (Fsp3) is 0.440. The van der Waals surface area contributed by atoms with E-state index in [2.05, 4.69) is 32.0 Å². The molecule has 1 aromatic heterocycles. The van der Waals surface area contributed by atoms with Crippen molar-refractivity contribution in [1.82, 2.24) is 4.98 Å². The summed E-state index contributed by atoms with van der Waals surface area (Å²) < 4.78 is 12.7. The third kappa shape index (κ3) is 4.91. The van der Waals surface area contributed by atoms with Crippen LogP contribution in [0.2, 0.25) is 0 Å². The molecule has 2 aromatic carbocycles. The minimum atomic E-state index is -0.0586. The van der Waals surface area contributed by atoms with Gasteiger partial charge in [-0.15, -0.1) is 0 Å². The largest absolute Gasteiger partial charge is 0.491 e. The van der Waals surface area contributed by atoms with Gasteiger partial charge in [-0.2, -0.15) is 0 Å². The number of carbonyl (C=O) groups excluding carboxylic acids is 1. The SMILES string of the molecule is CC(C)Oc1ccc(C(=O)N(CC2CCCO2)c2nc3c(C(C)C)cccc3s2)cc1. The highest BCUT2D eigenvalue weighted by atomic mass is 32.1. The van der Waals surface area contributed by atoms with Crippen LogP contribution in [0, 0.1) is 0 Å². The van der Waals surface area contributed by atoms with Crippen molar-refractivity contribution in [1.29, 1.82) is 0 Å². The van der Waals surface area contributed by atoms with Gasteiger partial charge < -0.3 is 9.47 Å². The number of fused-ring (bicyclic) bond motifs is 1. The molecule has 4 rings (SSSR count). The number of hydrogen-bond acceptors (Lipinski definition) is 5. The Morgan fingerprint density at radius 2 is 1.97 bits per heavy atom. The second-order valence-corrected chi connectivity index (χ2v) is 9.60. The van der Waals surface area contributed by atoms with E-state index in [4.69, 9.17) is 14.5 Å². The van der Waals surface area contributed by atoms with Crippen molar-refractivity contribution in [2.75, 3.05) is 18.1 Å². The second-order valence-electron chi connectivity index (χ2n) is 8.59. The molecule has 0 N–H and O–H groups in total. The van der Waals surface area contributed by atoms with Crippen LogP contribution in [0.15, 0.2) is 42.5 Å². The summed E-state index contributed by atoms with van der Waals surface area (Å²) >= 11 is 1.57. The van der Waals surface area contributed by atoms with Gasteiger partial charge in [-0.1, -0.05) is 37.3 Å². The van der Waals surface area contributed by atoms with Gasteiger partial charge in [0, 0.05) is 12.2 Å². The van der Waals surface area contributed by atoms with E-state index >= 15 is 0 Å². The third-order valence-electron chi connectivity index (χ3n) is 5.42. The molecule has 0 aliphatic carbocycles. The van der Waals surface area contributed by atoms with Crippen molar-refractivity contribution in [3.8, 4) is 5.75 Å². The molecule has 1 fully saturated rings. The summed E-state index contributed by atoms with van der Waals surface area (Å²) in [4.78, 5) is 20.3. The van der Waals surface area contributed by atoms with E-state index in [1.807, 2.05) is 38.1 Å². The van der Waals surface area contributed by atoms with E-state index < -0.39 is 0 Å². The lowest BCUT2D eigenvalue weighted by atomic mass is 10.0. The summed E-state index contributed by atoms with van der Waals surface area (Å²) in [7, 11) is 0. The van der Waals surface area contributed by atoms with Crippen molar-refractivity contribution >= 4 is 32.6 Å². The molecule has 31 heavy (non-hydrogen) atoms. The topological polar surface area (TPSA) is 51.7 Å². The normalized spacial score (nSPS) is 16.4. The maximum absolute atomic E-state index is 13.6. The van der Waals surface area contributed by atoms with Crippen molar-refractivity contribution in [2.45, 2.75) is 58.7 Å². The molecule has 1 unspecified atom stereocenters. The van der Waals surface area contributed by atoms with Crippen molar-refractivity contribution in [2.24, 2.45) is 0 Å². The Morgan fingerprint density at radius 1 is 1.19 bits per heavy atom. The Bertz CT molecular complexity index is 1040. The quantitative estimate of drug-likeness (QED) is 0.452. The fourth-order valence-corrected chi connectivity index (χ4v) is 4.89. The molecule has 0 saturated carbocycles. The predicted octanol–water partition coefficient (Wildman–Crippen LogP) is 6.03. The molecule has 6 heteroatoms. The number of nitrogens with zero attached hydrogens (tertiary/aromatic N) is 2. The van der Waals surface area contributed by atoms with E-state index in [1.165, 1.54) is 5.56 Å². The summed E-state index contributed by atoms with van der Waals surface area (Å²) in [5, 5.41) is 0.728. The monoisotopic (exact) mass is 438 g/mol. The molecular weight excluding hydrogens is 408 g/mol. The lowest BCUT2D eigenvalue weighted by Gasteiger charge is -2.23. The molecule has 0 radical (unpaired) electrons. The molecule has 164 valence electrons. The number of ether oxygens (including phenoxy) is 2. The maximum atomic E-state index is 13.6. The van der Waals surface area contributed by atoms with Crippen LogP contribution in [0.1, 0.15) is 62.4 Å². The van der Waals surface area contributed by atoms with Crippen LogP contribution in [0.4, 0.5) is 5.13 Å². The van der Waals surface area contributed by atoms with Gasteiger partial charge in [-0.3, -0.25) is 9.69 Å². The van der Waals surface area contributed by atoms with Crippen LogP contribution in [0.25, 0.3) is 10.2 Å². The number of para-hydroxylation sites is 1. The van der Waals surface area contributed by atoms with Crippen LogP contribution in [-0.2, 0) is 4.74 Å². The Labute approximate surface area is 188 Å². The Hall–Kier alpha value is -2.44. The first kappa shape index (κ1) is 21.8. The van der Waals surface area contributed by atoms with Gasteiger partial charge in [0.15, 0.2) is 5.13 Å². The van der Waals surface area contributed by atoms with E-state index in [-0.39, 0.29) is 18.1 Å². The molecular formula is C25H30N2O3S. The Kier molecular flexibility index (Phi) is 6.58. The summed E-state index contributed by atoms with van der Waals surface area (Å²) in [6.45, 7) is 9.58. The number of anilines is 1. The first-order chi connectivity index (χ1) is 14.9. The standard InChI is InChI=1S/C25H30N2O3S/c1-16(2)21-8-5-9-22-23(21)26-25(31-22)27(15-20-7-6-14-29-20)24(28)18-10-12-19(13-11-18)30-17(3)4/h5,8-13,16-17,20H,6-7,14-15H2,1-4H3. The zero-order valence-corrected chi connectivity index (χ0v) is 19.4. The molecule has 2 heterocycles. The molecule has 5 nitrogen and oxygen atoms in total. The molecule has 1 aliphatic heterocycles. The molecule has 1 saturated heterocycles. The molecule has 0 spiro atoms.